The Balaban J connectivity index is 2.31. The molecule has 0 aliphatic heterocycles. The third-order valence-corrected chi connectivity index (χ3v) is 3.36. The molecule has 0 radical (unpaired) electrons. The highest BCUT2D eigenvalue weighted by Crippen LogP contribution is 2.27. The fourth-order valence-corrected chi connectivity index (χ4v) is 2.17. The summed E-state index contributed by atoms with van der Waals surface area (Å²) in [5, 5.41) is 9.82. The Labute approximate surface area is 135 Å². The van der Waals surface area contributed by atoms with Crippen LogP contribution in [0.5, 0.6) is 5.75 Å². The number of benzene rings is 2. The number of ether oxygens (including phenoxy) is 1. The van der Waals surface area contributed by atoms with Gasteiger partial charge in [-0.3, -0.25) is 0 Å². The molecule has 0 aromatic heterocycles. The summed E-state index contributed by atoms with van der Waals surface area (Å²) in [4.78, 5) is 0. The Hall–Kier alpha value is -2.68. The van der Waals surface area contributed by atoms with Crippen LogP contribution < -0.4 is 4.74 Å². The predicted molar refractivity (Wildman–Crippen MR) is 90.4 cm³/mol. The standard InChI is InChI=1S/C19H14ClNO/c1-3-10-22-19-9-6-15(12-18(19)20)11-17(13-21)16-7-4-14(2)5-8-16/h1,4-9,11-12H,10H2,2H3/b17-11+. The molecule has 22 heavy (non-hydrogen) atoms. The van der Waals surface area contributed by atoms with E-state index < -0.39 is 0 Å². The number of halogens is 1. The van der Waals surface area contributed by atoms with Crippen LogP contribution in [0.4, 0.5) is 0 Å². The molecule has 0 heterocycles. The lowest BCUT2D eigenvalue weighted by Crippen LogP contribution is -1.94. The first-order valence-electron chi connectivity index (χ1n) is 6.68. The smallest absolute Gasteiger partial charge is 0.148 e. The van der Waals surface area contributed by atoms with E-state index in [1.807, 2.05) is 37.3 Å². The Bertz CT molecular complexity index is 777. The lowest BCUT2D eigenvalue weighted by molar-refractivity contribution is 0.370. The van der Waals surface area contributed by atoms with Gasteiger partial charge in [-0.15, -0.1) is 6.42 Å². The predicted octanol–water partition coefficient (Wildman–Crippen LogP) is 4.72. The van der Waals surface area contributed by atoms with Crippen molar-refractivity contribution in [1.82, 2.24) is 0 Å². The average Bonchev–Trinajstić information content (AvgIpc) is 2.53. The lowest BCUT2D eigenvalue weighted by atomic mass is 10.0. The van der Waals surface area contributed by atoms with Crippen molar-refractivity contribution >= 4 is 23.3 Å². The molecular formula is C19H14ClNO. The minimum Gasteiger partial charge on any atom is -0.479 e. The zero-order valence-corrected chi connectivity index (χ0v) is 12.9. The maximum atomic E-state index is 9.35. The topological polar surface area (TPSA) is 33.0 Å². The molecular weight excluding hydrogens is 294 g/mol. The number of nitrogens with zero attached hydrogens (tertiary/aromatic N) is 1. The number of hydrogen-bond donors (Lipinski definition) is 0. The quantitative estimate of drug-likeness (QED) is 0.465. The summed E-state index contributed by atoms with van der Waals surface area (Å²) in [5.41, 5.74) is 3.43. The Kier molecular flexibility index (Phi) is 5.26. The van der Waals surface area contributed by atoms with Crippen LogP contribution >= 0.6 is 11.6 Å². The van der Waals surface area contributed by atoms with E-state index in [-0.39, 0.29) is 6.61 Å². The Morgan fingerprint density at radius 3 is 2.59 bits per heavy atom. The second-order valence-electron chi connectivity index (χ2n) is 4.72. The first-order valence-corrected chi connectivity index (χ1v) is 7.06. The summed E-state index contributed by atoms with van der Waals surface area (Å²) in [5.74, 6) is 2.92. The van der Waals surface area contributed by atoms with Crippen LogP contribution in [-0.4, -0.2) is 6.61 Å². The molecule has 2 nitrogen and oxygen atoms in total. The molecule has 0 bridgehead atoms. The number of hydrogen-bond acceptors (Lipinski definition) is 2. The number of aryl methyl sites for hydroxylation is 1. The average molecular weight is 308 g/mol. The molecule has 0 saturated carbocycles. The number of rotatable bonds is 4. The number of terminal acetylenes is 1. The lowest BCUT2D eigenvalue weighted by Gasteiger charge is -2.06. The molecule has 2 rings (SSSR count). The monoisotopic (exact) mass is 307 g/mol. The molecule has 2 aromatic rings. The van der Waals surface area contributed by atoms with Crippen molar-refractivity contribution in [3.05, 3.63) is 64.2 Å². The molecule has 108 valence electrons. The summed E-state index contributed by atoms with van der Waals surface area (Å²) in [7, 11) is 0. The zero-order chi connectivity index (χ0) is 15.9. The van der Waals surface area contributed by atoms with Crippen molar-refractivity contribution in [2.24, 2.45) is 0 Å². The van der Waals surface area contributed by atoms with Crippen LogP contribution in [-0.2, 0) is 0 Å². The van der Waals surface area contributed by atoms with Gasteiger partial charge in [0.15, 0.2) is 0 Å². The largest absolute Gasteiger partial charge is 0.479 e. The summed E-state index contributed by atoms with van der Waals surface area (Å²) >= 11 is 6.15. The Morgan fingerprint density at radius 2 is 2.00 bits per heavy atom. The van der Waals surface area contributed by atoms with Gasteiger partial charge in [0.05, 0.1) is 16.7 Å². The molecule has 0 fully saturated rings. The molecule has 0 N–H and O–H groups in total. The van der Waals surface area contributed by atoms with Crippen molar-refractivity contribution in [3.63, 3.8) is 0 Å². The molecule has 0 aliphatic carbocycles. The van der Waals surface area contributed by atoms with Crippen LogP contribution in [0.2, 0.25) is 5.02 Å². The van der Waals surface area contributed by atoms with Gasteiger partial charge in [-0.2, -0.15) is 5.26 Å². The van der Waals surface area contributed by atoms with E-state index in [0.29, 0.717) is 16.3 Å². The SMILES string of the molecule is C#CCOc1ccc(/C=C(\C#N)c2ccc(C)cc2)cc1Cl. The van der Waals surface area contributed by atoms with E-state index in [0.717, 1.165) is 16.7 Å². The van der Waals surface area contributed by atoms with E-state index in [1.165, 1.54) is 0 Å². The fraction of sp³-hybridized carbons (Fsp3) is 0.105. The molecule has 0 saturated heterocycles. The first kappa shape index (κ1) is 15.7. The minimum atomic E-state index is 0.168. The third-order valence-electron chi connectivity index (χ3n) is 3.06. The molecule has 2 aromatic carbocycles. The van der Waals surface area contributed by atoms with E-state index in [2.05, 4.69) is 12.0 Å². The van der Waals surface area contributed by atoms with Crippen molar-refractivity contribution in [2.45, 2.75) is 6.92 Å². The maximum Gasteiger partial charge on any atom is 0.148 e. The molecule has 0 unspecified atom stereocenters. The van der Waals surface area contributed by atoms with Crippen LogP contribution in [0.15, 0.2) is 42.5 Å². The fourth-order valence-electron chi connectivity index (χ4n) is 1.92. The minimum absolute atomic E-state index is 0.168. The van der Waals surface area contributed by atoms with Gasteiger partial charge in [0.25, 0.3) is 0 Å². The van der Waals surface area contributed by atoms with E-state index in [1.54, 1.807) is 18.2 Å². The molecule has 0 spiro atoms. The van der Waals surface area contributed by atoms with Gasteiger partial charge in [0.1, 0.15) is 12.4 Å². The van der Waals surface area contributed by atoms with Gasteiger partial charge < -0.3 is 4.74 Å². The highest BCUT2D eigenvalue weighted by Gasteiger charge is 2.04. The summed E-state index contributed by atoms with van der Waals surface area (Å²) in [6.45, 7) is 2.18. The highest BCUT2D eigenvalue weighted by molar-refractivity contribution is 6.32. The normalized spacial score (nSPS) is 10.6. The molecule has 0 amide bonds. The van der Waals surface area contributed by atoms with Crippen LogP contribution in [0.25, 0.3) is 11.6 Å². The van der Waals surface area contributed by atoms with Crippen molar-refractivity contribution in [3.8, 4) is 24.2 Å². The van der Waals surface area contributed by atoms with Gasteiger partial charge in [-0.25, -0.2) is 0 Å². The highest BCUT2D eigenvalue weighted by atomic mass is 35.5. The van der Waals surface area contributed by atoms with Crippen molar-refractivity contribution in [2.75, 3.05) is 6.61 Å². The van der Waals surface area contributed by atoms with E-state index in [9.17, 15) is 5.26 Å². The van der Waals surface area contributed by atoms with Gasteiger partial charge in [0.2, 0.25) is 0 Å². The first-order chi connectivity index (χ1) is 10.6. The number of allylic oxidation sites excluding steroid dienone is 1. The van der Waals surface area contributed by atoms with Crippen LogP contribution in [0.1, 0.15) is 16.7 Å². The van der Waals surface area contributed by atoms with Crippen LogP contribution in [0.3, 0.4) is 0 Å². The Morgan fingerprint density at radius 1 is 1.27 bits per heavy atom. The number of nitriles is 1. The molecule has 0 atom stereocenters. The summed E-state index contributed by atoms with van der Waals surface area (Å²) in [6.07, 6.45) is 6.94. The van der Waals surface area contributed by atoms with E-state index >= 15 is 0 Å². The third kappa shape index (κ3) is 3.92. The maximum absolute atomic E-state index is 9.35. The van der Waals surface area contributed by atoms with E-state index in [4.69, 9.17) is 22.8 Å². The zero-order valence-electron chi connectivity index (χ0n) is 12.1. The van der Waals surface area contributed by atoms with Gasteiger partial charge in [-0.05, 0) is 36.3 Å². The second-order valence-corrected chi connectivity index (χ2v) is 5.13. The second kappa shape index (κ2) is 7.36. The van der Waals surface area contributed by atoms with Gasteiger partial charge in [-0.1, -0.05) is 53.4 Å². The van der Waals surface area contributed by atoms with Gasteiger partial charge >= 0.3 is 0 Å². The van der Waals surface area contributed by atoms with Crippen molar-refractivity contribution in [1.29, 1.82) is 5.26 Å². The summed E-state index contributed by atoms with van der Waals surface area (Å²) < 4.78 is 5.32. The molecule has 3 heteroatoms. The van der Waals surface area contributed by atoms with Gasteiger partial charge in [0, 0.05) is 0 Å². The summed E-state index contributed by atoms with van der Waals surface area (Å²) in [6, 6.07) is 15.4. The molecule has 0 aliphatic rings. The van der Waals surface area contributed by atoms with Crippen LogP contribution in [0, 0.1) is 30.6 Å². The van der Waals surface area contributed by atoms with Crippen molar-refractivity contribution < 1.29 is 4.74 Å².